The van der Waals surface area contributed by atoms with E-state index >= 15 is 0 Å². The molecule has 1 aliphatic heterocycles. The van der Waals surface area contributed by atoms with E-state index in [-0.39, 0.29) is 22.7 Å². The highest BCUT2D eigenvalue weighted by molar-refractivity contribution is 8.01. The van der Waals surface area contributed by atoms with Gasteiger partial charge in [0.25, 0.3) is 0 Å². The Morgan fingerprint density at radius 3 is 2.47 bits per heavy atom. The molecule has 0 spiro atoms. The van der Waals surface area contributed by atoms with E-state index in [1.807, 2.05) is 0 Å². The van der Waals surface area contributed by atoms with Crippen LogP contribution in [0.4, 0.5) is 5.13 Å². The predicted molar refractivity (Wildman–Crippen MR) is 69.2 cm³/mol. The van der Waals surface area contributed by atoms with Gasteiger partial charge in [-0.05, 0) is 12.8 Å². The van der Waals surface area contributed by atoms with E-state index in [1.54, 1.807) is 0 Å². The number of carbonyl (C=O) groups excluding carboxylic acids is 2. The summed E-state index contributed by atoms with van der Waals surface area (Å²) in [5.41, 5.74) is 0. The number of carbonyl (C=O) groups is 3. The standard InChI is InChI=1S/C10H11N3O4S2/c14-6-3-1-2-4-7(15)13(6)9-11-12-10(19-9)18-5-8(16)17/h1-5H2,(H,16,17). The normalized spacial score (nSPS) is 16.5. The monoisotopic (exact) mass is 301 g/mol. The molecule has 1 aromatic rings. The van der Waals surface area contributed by atoms with Crippen molar-refractivity contribution in [3.8, 4) is 0 Å². The second-order valence-corrected chi connectivity index (χ2v) is 6.04. The largest absolute Gasteiger partial charge is 0.481 e. The van der Waals surface area contributed by atoms with Crippen molar-refractivity contribution in [3.05, 3.63) is 0 Å². The number of hydrogen-bond acceptors (Lipinski definition) is 7. The number of rotatable bonds is 4. The van der Waals surface area contributed by atoms with Gasteiger partial charge in [0.2, 0.25) is 16.9 Å². The van der Waals surface area contributed by atoms with Gasteiger partial charge in [-0.1, -0.05) is 23.1 Å². The van der Waals surface area contributed by atoms with Crippen LogP contribution in [-0.4, -0.2) is 38.8 Å². The first-order valence-corrected chi connectivity index (χ1v) is 7.42. The lowest BCUT2D eigenvalue weighted by molar-refractivity contribution is -0.134. The minimum absolute atomic E-state index is 0.128. The van der Waals surface area contributed by atoms with Gasteiger partial charge in [-0.3, -0.25) is 14.4 Å². The summed E-state index contributed by atoms with van der Waals surface area (Å²) in [6, 6.07) is 0. The van der Waals surface area contributed by atoms with Crippen molar-refractivity contribution in [1.29, 1.82) is 0 Å². The number of amides is 2. The average molecular weight is 301 g/mol. The number of aliphatic carboxylic acids is 1. The first-order valence-electron chi connectivity index (χ1n) is 5.62. The molecule has 0 saturated carbocycles. The molecule has 0 aromatic carbocycles. The number of nitrogens with zero attached hydrogens (tertiary/aromatic N) is 3. The van der Waals surface area contributed by atoms with Gasteiger partial charge in [0.15, 0.2) is 4.34 Å². The lowest BCUT2D eigenvalue weighted by Gasteiger charge is -2.13. The van der Waals surface area contributed by atoms with Gasteiger partial charge in [0, 0.05) is 12.8 Å². The first kappa shape index (κ1) is 13.9. The third-order valence-electron chi connectivity index (χ3n) is 2.44. The highest BCUT2D eigenvalue weighted by atomic mass is 32.2. The van der Waals surface area contributed by atoms with E-state index in [0.717, 1.165) is 28.0 Å². The van der Waals surface area contributed by atoms with E-state index in [2.05, 4.69) is 10.2 Å². The summed E-state index contributed by atoms with van der Waals surface area (Å²) < 4.78 is 0.433. The van der Waals surface area contributed by atoms with Crippen molar-refractivity contribution in [2.75, 3.05) is 10.7 Å². The van der Waals surface area contributed by atoms with E-state index < -0.39 is 5.97 Å². The van der Waals surface area contributed by atoms with Crippen LogP contribution in [0.25, 0.3) is 0 Å². The molecule has 0 atom stereocenters. The highest BCUT2D eigenvalue weighted by Crippen LogP contribution is 2.30. The number of hydrogen-bond donors (Lipinski definition) is 1. The van der Waals surface area contributed by atoms with Gasteiger partial charge >= 0.3 is 5.97 Å². The number of aromatic nitrogens is 2. The molecule has 1 aliphatic rings. The molecule has 2 amide bonds. The zero-order chi connectivity index (χ0) is 13.8. The topological polar surface area (TPSA) is 100 Å². The van der Waals surface area contributed by atoms with Crippen molar-refractivity contribution >= 4 is 46.0 Å². The van der Waals surface area contributed by atoms with Crippen LogP contribution in [0, 0.1) is 0 Å². The predicted octanol–water partition coefficient (Wildman–Crippen LogP) is 1.15. The third kappa shape index (κ3) is 3.51. The Labute approximate surface area is 117 Å². The van der Waals surface area contributed by atoms with E-state index in [0.29, 0.717) is 30.0 Å². The SMILES string of the molecule is O=C(O)CSc1nnc(N2C(=O)CCCCC2=O)s1. The molecule has 2 rings (SSSR count). The Kier molecular flexibility index (Phi) is 4.48. The lowest BCUT2D eigenvalue weighted by Crippen LogP contribution is -2.34. The molecule has 0 unspecified atom stereocenters. The quantitative estimate of drug-likeness (QED) is 0.505. The molecule has 1 aromatic heterocycles. The van der Waals surface area contributed by atoms with Gasteiger partial charge in [0.1, 0.15) is 0 Å². The molecule has 0 aliphatic carbocycles. The second-order valence-electron chi connectivity index (χ2n) is 3.86. The molecule has 0 bridgehead atoms. The first-order chi connectivity index (χ1) is 9.08. The van der Waals surface area contributed by atoms with Crippen LogP contribution in [0.3, 0.4) is 0 Å². The molecule has 0 radical (unpaired) electrons. The summed E-state index contributed by atoms with van der Waals surface area (Å²) in [5, 5.41) is 16.4. The van der Waals surface area contributed by atoms with Crippen LogP contribution in [0.2, 0.25) is 0 Å². The van der Waals surface area contributed by atoms with Crippen LogP contribution in [0.5, 0.6) is 0 Å². The van der Waals surface area contributed by atoms with Gasteiger partial charge in [-0.25, -0.2) is 4.90 Å². The number of carboxylic acid groups (broad SMARTS) is 1. The summed E-state index contributed by atoms with van der Waals surface area (Å²) in [6.45, 7) is 0. The minimum atomic E-state index is -0.955. The lowest BCUT2D eigenvalue weighted by atomic mass is 10.2. The van der Waals surface area contributed by atoms with E-state index in [1.165, 1.54) is 0 Å². The molecule has 1 saturated heterocycles. The zero-order valence-electron chi connectivity index (χ0n) is 9.87. The van der Waals surface area contributed by atoms with Crippen molar-refractivity contribution in [1.82, 2.24) is 10.2 Å². The summed E-state index contributed by atoms with van der Waals surface area (Å²) in [5.74, 6) is -1.62. The molecule has 7 nitrogen and oxygen atoms in total. The van der Waals surface area contributed by atoms with Gasteiger partial charge in [-0.2, -0.15) is 0 Å². The molecule has 1 N–H and O–H groups in total. The molecular formula is C10H11N3O4S2. The van der Waals surface area contributed by atoms with E-state index in [9.17, 15) is 14.4 Å². The van der Waals surface area contributed by atoms with Crippen LogP contribution in [-0.2, 0) is 14.4 Å². The number of thioether (sulfide) groups is 1. The van der Waals surface area contributed by atoms with Crippen molar-refractivity contribution in [3.63, 3.8) is 0 Å². The molecule has 1 fully saturated rings. The third-order valence-corrected chi connectivity index (χ3v) is 4.46. The maximum atomic E-state index is 11.8. The summed E-state index contributed by atoms with van der Waals surface area (Å²) in [7, 11) is 0. The van der Waals surface area contributed by atoms with Crippen molar-refractivity contribution in [2.24, 2.45) is 0 Å². The summed E-state index contributed by atoms with van der Waals surface area (Å²) >= 11 is 2.08. The molecule has 9 heteroatoms. The zero-order valence-corrected chi connectivity index (χ0v) is 11.5. The van der Waals surface area contributed by atoms with Crippen molar-refractivity contribution < 1.29 is 19.5 Å². The summed E-state index contributed by atoms with van der Waals surface area (Å²) in [6.07, 6.45) is 2.03. The fourth-order valence-corrected chi connectivity index (χ4v) is 3.20. The fraction of sp³-hybridized carbons (Fsp3) is 0.500. The van der Waals surface area contributed by atoms with Crippen LogP contribution in [0.15, 0.2) is 4.34 Å². The van der Waals surface area contributed by atoms with Crippen LogP contribution in [0.1, 0.15) is 25.7 Å². The van der Waals surface area contributed by atoms with Gasteiger partial charge in [0.05, 0.1) is 5.75 Å². The molecule has 19 heavy (non-hydrogen) atoms. The number of carboxylic acids is 1. The summed E-state index contributed by atoms with van der Waals surface area (Å²) in [4.78, 5) is 35.2. The highest BCUT2D eigenvalue weighted by Gasteiger charge is 2.28. The van der Waals surface area contributed by atoms with E-state index in [4.69, 9.17) is 5.11 Å². The molecular weight excluding hydrogens is 290 g/mol. The second kappa shape index (κ2) is 6.11. The smallest absolute Gasteiger partial charge is 0.313 e. The van der Waals surface area contributed by atoms with Gasteiger partial charge < -0.3 is 5.11 Å². The van der Waals surface area contributed by atoms with Crippen LogP contribution >= 0.6 is 23.1 Å². The van der Waals surface area contributed by atoms with Crippen molar-refractivity contribution in [2.45, 2.75) is 30.0 Å². The number of anilines is 1. The number of imide groups is 1. The Hall–Kier alpha value is -1.48. The Morgan fingerprint density at radius 2 is 1.89 bits per heavy atom. The Balaban J connectivity index is 2.13. The van der Waals surface area contributed by atoms with Gasteiger partial charge in [-0.15, -0.1) is 10.2 Å². The fourth-order valence-electron chi connectivity index (χ4n) is 1.60. The Bertz CT molecular complexity index is 499. The molecule has 102 valence electrons. The molecule has 2 heterocycles. The average Bonchev–Trinajstić information content (AvgIpc) is 2.74. The maximum Gasteiger partial charge on any atom is 0.313 e. The minimum Gasteiger partial charge on any atom is -0.481 e. The maximum absolute atomic E-state index is 11.8. The van der Waals surface area contributed by atoms with Crippen LogP contribution < -0.4 is 4.90 Å². The Morgan fingerprint density at radius 1 is 1.26 bits per heavy atom.